The molecule has 3 rings (SSSR count). The van der Waals surface area contributed by atoms with Crippen molar-refractivity contribution in [3.8, 4) is 5.75 Å². The summed E-state index contributed by atoms with van der Waals surface area (Å²) in [6.45, 7) is 0.630. The van der Waals surface area contributed by atoms with E-state index in [1.165, 1.54) is 16.3 Å². The van der Waals surface area contributed by atoms with Crippen LogP contribution in [0.3, 0.4) is 0 Å². The average Bonchev–Trinajstić information content (AvgIpc) is 2.89. The van der Waals surface area contributed by atoms with E-state index in [-0.39, 0.29) is 0 Å². The van der Waals surface area contributed by atoms with Crippen LogP contribution >= 0.6 is 27.3 Å². The maximum absolute atomic E-state index is 5.78. The van der Waals surface area contributed by atoms with Gasteiger partial charge in [0.15, 0.2) is 0 Å². The van der Waals surface area contributed by atoms with Gasteiger partial charge in [-0.3, -0.25) is 0 Å². The van der Waals surface area contributed by atoms with E-state index < -0.39 is 0 Å². The lowest BCUT2D eigenvalue weighted by atomic mass is 10.1. The highest BCUT2D eigenvalue weighted by Crippen LogP contribution is 2.24. The first-order valence-electron chi connectivity index (χ1n) is 5.64. The first-order chi connectivity index (χ1) is 8.81. The van der Waals surface area contributed by atoms with Crippen molar-refractivity contribution in [3.05, 3.63) is 63.3 Å². The van der Waals surface area contributed by atoms with Crippen molar-refractivity contribution in [1.82, 2.24) is 0 Å². The molecule has 0 saturated carbocycles. The molecule has 18 heavy (non-hydrogen) atoms. The normalized spacial score (nSPS) is 10.7. The SMILES string of the molecule is Brc1ccc2cc(OCc3ccsc3)ccc2c1. The monoisotopic (exact) mass is 318 g/mol. The Hall–Kier alpha value is -1.32. The van der Waals surface area contributed by atoms with Crippen molar-refractivity contribution >= 4 is 38.0 Å². The minimum atomic E-state index is 0.630. The summed E-state index contributed by atoms with van der Waals surface area (Å²) in [6.07, 6.45) is 0. The third-order valence-corrected chi connectivity index (χ3v) is 3.98. The second-order valence-electron chi connectivity index (χ2n) is 4.07. The molecule has 3 heteroatoms. The Morgan fingerprint density at radius 3 is 2.67 bits per heavy atom. The molecular weight excluding hydrogens is 308 g/mol. The zero-order valence-electron chi connectivity index (χ0n) is 9.60. The number of hydrogen-bond acceptors (Lipinski definition) is 2. The number of rotatable bonds is 3. The molecule has 2 aromatic carbocycles. The summed E-state index contributed by atoms with van der Waals surface area (Å²) < 4.78 is 6.88. The lowest BCUT2D eigenvalue weighted by molar-refractivity contribution is 0.307. The van der Waals surface area contributed by atoms with E-state index in [9.17, 15) is 0 Å². The Labute approximate surface area is 118 Å². The summed E-state index contributed by atoms with van der Waals surface area (Å²) in [5.41, 5.74) is 1.22. The molecule has 0 bridgehead atoms. The largest absolute Gasteiger partial charge is 0.489 e. The molecule has 0 aliphatic heterocycles. The van der Waals surface area contributed by atoms with Gasteiger partial charge in [0.25, 0.3) is 0 Å². The van der Waals surface area contributed by atoms with Crippen LogP contribution in [0.4, 0.5) is 0 Å². The number of fused-ring (bicyclic) bond motifs is 1. The van der Waals surface area contributed by atoms with Crippen LogP contribution in [0.15, 0.2) is 57.7 Å². The quantitative estimate of drug-likeness (QED) is 0.641. The third-order valence-electron chi connectivity index (χ3n) is 2.76. The standard InChI is InChI=1S/C15H11BrOS/c16-14-3-1-13-8-15(4-2-12(13)7-14)17-9-11-5-6-18-10-11/h1-8,10H,9H2. The molecule has 0 amide bonds. The van der Waals surface area contributed by atoms with Crippen LogP contribution in [0, 0.1) is 0 Å². The molecule has 0 saturated heterocycles. The van der Waals surface area contributed by atoms with Crippen LogP contribution < -0.4 is 4.74 Å². The van der Waals surface area contributed by atoms with Crippen molar-refractivity contribution in [1.29, 1.82) is 0 Å². The molecule has 3 aromatic rings. The summed E-state index contributed by atoms with van der Waals surface area (Å²) >= 11 is 5.17. The highest BCUT2D eigenvalue weighted by Gasteiger charge is 1.99. The Kier molecular flexibility index (Phi) is 3.35. The first kappa shape index (κ1) is 11.8. The smallest absolute Gasteiger partial charge is 0.120 e. The highest BCUT2D eigenvalue weighted by atomic mass is 79.9. The molecule has 0 fully saturated rings. The summed E-state index contributed by atoms with van der Waals surface area (Å²) in [7, 11) is 0. The van der Waals surface area contributed by atoms with Crippen LogP contribution in [0.5, 0.6) is 5.75 Å². The van der Waals surface area contributed by atoms with Crippen molar-refractivity contribution in [2.75, 3.05) is 0 Å². The van der Waals surface area contributed by atoms with Gasteiger partial charge in [-0.05, 0) is 57.4 Å². The molecule has 0 aliphatic carbocycles. The van der Waals surface area contributed by atoms with Gasteiger partial charge < -0.3 is 4.74 Å². The van der Waals surface area contributed by atoms with E-state index in [2.05, 4.69) is 57.0 Å². The number of halogens is 1. The summed E-state index contributed by atoms with van der Waals surface area (Å²) in [5.74, 6) is 0.913. The minimum absolute atomic E-state index is 0.630. The number of hydrogen-bond donors (Lipinski definition) is 0. The fourth-order valence-electron chi connectivity index (χ4n) is 1.83. The lowest BCUT2D eigenvalue weighted by Crippen LogP contribution is -1.93. The van der Waals surface area contributed by atoms with Gasteiger partial charge in [0.05, 0.1) is 0 Å². The fourth-order valence-corrected chi connectivity index (χ4v) is 2.86. The number of ether oxygens (including phenoxy) is 1. The predicted molar refractivity (Wildman–Crippen MR) is 80.3 cm³/mol. The molecule has 0 unspecified atom stereocenters. The molecule has 1 aromatic heterocycles. The first-order valence-corrected chi connectivity index (χ1v) is 7.38. The third kappa shape index (κ3) is 2.57. The molecule has 1 heterocycles. The summed E-state index contributed by atoms with van der Waals surface area (Å²) in [5, 5.41) is 6.59. The van der Waals surface area contributed by atoms with Crippen LogP contribution in [0.2, 0.25) is 0 Å². The van der Waals surface area contributed by atoms with E-state index in [0.717, 1.165) is 10.2 Å². The van der Waals surface area contributed by atoms with E-state index in [1.807, 2.05) is 12.1 Å². The van der Waals surface area contributed by atoms with Crippen LogP contribution in [0.25, 0.3) is 10.8 Å². The zero-order valence-corrected chi connectivity index (χ0v) is 12.0. The van der Waals surface area contributed by atoms with Gasteiger partial charge in [0.1, 0.15) is 12.4 Å². The number of thiophene rings is 1. The Bertz CT molecular complexity index is 661. The van der Waals surface area contributed by atoms with Gasteiger partial charge in [-0.1, -0.05) is 28.1 Å². The predicted octanol–water partition coefficient (Wildman–Crippen LogP) is 5.24. The van der Waals surface area contributed by atoms with E-state index >= 15 is 0 Å². The Morgan fingerprint density at radius 1 is 1.00 bits per heavy atom. The second kappa shape index (κ2) is 5.12. The summed E-state index contributed by atoms with van der Waals surface area (Å²) in [4.78, 5) is 0. The molecule has 0 radical (unpaired) electrons. The Balaban J connectivity index is 1.82. The van der Waals surface area contributed by atoms with Gasteiger partial charge >= 0.3 is 0 Å². The van der Waals surface area contributed by atoms with E-state index in [0.29, 0.717) is 6.61 Å². The zero-order chi connectivity index (χ0) is 12.4. The molecule has 90 valence electrons. The van der Waals surface area contributed by atoms with Crippen molar-refractivity contribution in [2.24, 2.45) is 0 Å². The summed E-state index contributed by atoms with van der Waals surface area (Å²) in [6, 6.07) is 14.5. The van der Waals surface area contributed by atoms with Crippen LogP contribution in [0.1, 0.15) is 5.56 Å². The topological polar surface area (TPSA) is 9.23 Å². The molecule has 0 aliphatic rings. The van der Waals surface area contributed by atoms with Gasteiger partial charge in [-0.15, -0.1) is 0 Å². The molecule has 1 nitrogen and oxygen atoms in total. The van der Waals surface area contributed by atoms with E-state index in [4.69, 9.17) is 4.74 Å². The van der Waals surface area contributed by atoms with Gasteiger partial charge in [-0.25, -0.2) is 0 Å². The maximum Gasteiger partial charge on any atom is 0.120 e. The van der Waals surface area contributed by atoms with Gasteiger partial charge in [0.2, 0.25) is 0 Å². The fraction of sp³-hybridized carbons (Fsp3) is 0.0667. The molecule has 0 atom stereocenters. The van der Waals surface area contributed by atoms with Crippen LogP contribution in [-0.2, 0) is 6.61 Å². The van der Waals surface area contributed by atoms with Crippen molar-refractivity contribution in [3.63, 3.8) is 0 Å². The highest BCUT2D eigenvalue weighted by molar-refractivity contribution is 9.10. The van der Waals surface area contributed by atoms with Crippen molar-refractivity contribution in [2.45, 2.75) is 6.61 Å². The second-order valence-corrected chi connectivity index (χ2v) is 5.77. The molecule has 0 N–H and O–H groups in total. The Morgan fingerprint density at radius 2 is 1.83 bits per heavy atom. The lowest BCUT2D eigenvalue weighted by Gasteiger charge is -2.06. The van der Waals surface area contributed by atoms with Crippen LogP contribution in [-0.4, -0.2) is 0 Å². The van der Waals surface area contributed by atoms with Gasteiger partial charge in [-0.2, -0.15) is 11.3 Å². The minimum Gasteiger partial charge on any atom is -0.489 e. The van der Waals surface area contributed by atoms with E-state index in [1.54, 1.807) is 11.3 Å². The number of benzene rings is 2. The molecule has 0 spiro atoms. The average molecular weight is 319 g/mol. The van der Waals surface area contributed by atoms with Crippen molar-refractivity contribution < 1.29 is 4.74 Å². The van der Waals surface area contributed by atoms with Gasteiger partial charge in [0, 0.05) is 4.47 Å². The molecular formula is C15H11BrOS. The maximum atomic E-state index is 5.78.